The second kappa shape index (κ2) is 10.0. The highest BCUT2D eigenvalue weighted by Crippen LogP contribution is 2.33. The van der Waals surface area contributed by atoms with Crippen LogP contribution < -0.4 is 19.7 Å². The summed E-state index contributed by atoms with van der Waals surface area (Å²) in [6.07, 6.45) is 0.802. The highest BCUT2D eigenvalue weighted by atomic mass is 16.5. The molecule has 0 heterocycles. The molecule has 1 unspecified atom stereocenters. The van der Waals surface area contributed by atoms with Crippen molar-refractivity contribution in [2.24, 2.45) is 5.92 Å². The van der Waals surface area contributed by atoms with Gasteiger partial charge in [-0.2, -0.15) is 0 Å². The Bertz CT molecular complexity index is 770. The summed E-state index contributed by atoms with van der Waals surface area (Å²) in [7, 11) is 7.26. The van der Waals surface area contributed by atoms with E-state index >= 15 is 0 Å². The first-order valence-corrected chi connectivity index (χ1v) is 9.63. The number of ether oxygens (including phenoxy) is 2. The molecule has 0 fully saturated rings. The fourth-order valence-corrected chi connectivity index (χ4v) is 3.29. The average Bonchev–Trinajstić information content (AvgIpc) is 2.68. The van der Waals surface area contributed by atoms with Gasteiger partial charge in [0.25, 0.3) is 0 Å². The molecule has 2 aromatic rings. The van der Waals surface area contributed by atoms with Crippen LogP contribution in [-0.2, 0) is 11.2 Å². The van der Waals surface area contributed by atoms with Crippen LogP contribution in [0.4, 0.5) is 5.69 Å². The van der Waals surface area contributed by atoms with E-state index in [1.54, 1.807) is 14.2 Å². The predicted molar refractivity (Wildman–Crippen MR) is 115 cm³/mol. The summed E-state index contributed by atoms with van der Waals surface area (Å²) in [6.45, 7) is 4.72. The molecule has 0 aliphatic carbocycles. The van der Waals surface area contributed by atoms with Crippen LogP contribution in [0.2, 0.25) is 0 Å². The van der Waals surface area contributed by atoms with Crippen molar-refractivity contribution in [3.8, 4) is 11.5 Å². The molecule has 2 aromatic carbocycles. The van der Waals surface area contributed by atoms with E-state index in [1.807, 2.05) is 32.3 Å². The zero-order valence-electron chi connectivity index (χ0n) is 17.8. The summed E-state index contributed by atoms with van der Waals surface area (Å²) in [6, 6.07) is 14.1. The summed E-state index contributed by atoms with van der Waals surface area (Å²) in [4.78, 5) is 15.0. The smallest absolute Gasteiger partial charge is 0.227 e. The lowest BCUT2D eigenvalue weighted by molar-refractivity contribution is -0.123. The van der Waals surface area contributed by atoms with Crippen LogP contribution in [0.15, 0.2) is 42.5 Å². The Morgan fingerprint density at radius 3 is 2.18 bits per heavy atom. The molecule has 1 atom stereocenters. The number of rotatable bonds is 9. The quantitative estimate of drug-likeness (QED) is 0.713. The molecule has 1 amide bonds. The first kappa shape index (κ1) is 21.6. The van der Waals surface area contributed by atoms with Gasteiger partial charge in [-0.05, 0) is 47.7 Å². The van der Waals surface area contributed by atoms with Crippen molar-refractivity contribution in [2.75, 3.05) is 39.8 Å². The minimum absolute atomic E-state index is 0.0344. The van der Waals surface area contributed by atoms with Gasteiger partial charge in [-0.1, -0.05) is 32.0 Å². The van der Waals surface area contributed by atoms with Gasteiger partial charge in [0, 0.05) is 26.3 Å². The molecule has 5 heteroatoms. The highest BCUT2D eigenvalue weighted by molar-refractivity contribution is 5.84. The molecule has 0 bridgehead atoms. The maximum Gasteiger partial charge on any atom is 0.227 e. The summed E-state index contributed by atoms with van der Waals surface area (Å²) in [5.74, 6) is 1.26. The number of nitrogens with zero attached hydrogens (tertiary/aromatic N) is 1. The fraction of sp³-hybridized carbons (Fsp3) is 0.435. The maximum absolute atomic E-state index is 12.9. The van der Waals surface area contributed by atoms with Crippen molar-refractivity contribution in [3.05, 3.63) is 53.6 Å². The average molecular weight is 385 g/mol. The van der Waals surface area contributed by atoms with Gasteiger partial charge in [-0.15, -0.1) is 0 Å². The minimum Gasteiger partial charge on any atom is -0.493 e. The number of carbonyl (C=O) groups excluding carboxylic acids is 1. The first-order valence-electron chi connectivity index (χ1n) is 9.63. The lowest BCUT2D eigenvalue weighted by Gasteiger charge is -2.22. The molecule has 1 N–H and O–H groups in total. The van der Waals surface area contributed by atoms with Crippen LogP contribution >= 0.6 is 0 Å². The summed E-state index contributed by atoms with van der Waals surface area (Å²) in [5.41, 5.74) is 3.31. The van der Waals surface area contributed by atoms with E-state index < -0.39 is 0 Å². The Balaban J connectivity index is 2.03. The normalized spacial score (nSPS) is 11.8. The number of anilines is 1. The Morgan fingerprint density at radius 1 is 1.00 bits per heavy atom. The minimum atomic E-state index is -0.240. The van der Waals surface area contributed by atoms with Crippen LogP contribution in [0.25, 0.3) is 0 Å². The van der Waals surface area contributed by atoms with Crippen molar-refractivity contribution in [3.63, 3.8) is 0 Å². The summed E-state index contributed by atoms with van der Waals surface area (Å²) in [5, 5.41) is 3.09. The third-order valence-corrected chi connectivity index (χ3v) is 4.88. The second-order valence-corrected chi connectivity index (χ2v) is 7.44. The predicted octanol–water partition coefficient (Wildman–Crippen LogP) is 3.87. The van der Waals surface area contributed by atoms with Crippen LogP contribution in [-0.4, -0.2) is 40.8 Å². The van der Waals surface area contributed by atoms with Crippen LogP contribution in [0.3, 0.4) is 0 Å². The Kier molecular flexibility index (Phi) is 7.73. The molecule has 152 valence electrons. The van der Waals surface area contributed by atoms with E-state index in [9.17, 15) is 4.79 Å². The first-order chi connectivity index (χ1) is 13.4. The van der Waals surface area contributed by atoms with Crippen molar-refractivity contribution < 1.29 is 14.3 Å². The summed E-state index contributed by atoms with van der Waals surface area (Å²) >= 11 is 0. The number of amides is 1. The van der Waals surface area contributed by atoms with Crippen molar-refractivity contribution >= 4 is 11.6 Å². The SMILES string of the molecule is COc1ccc(C(C(=O)NCCc2ccc(N(C)C)cc2)C(C)C)cc1OC. The van der Waals surface area contributed by atoms with E-state index in [-0.39, 0.29) is 17.7 Å². The van der Waals surface area contributed by atoms with Gasteiger partial charge < -0.3 is 19.7 Å². The molecule has 28 heavy (non-hydrogen) atoms. The number of methoxy groups -OCH3 is 2. The van der Waals surface area contributed by atoms with Crippen molar-refractivity contribution in [2.45, 2.75) is 26.2 Å². The monoisotopic (exact) mass is 384 g/mol. The molecule has 0 aliphatic rings. The molecule has 5 nitrogen and oxygen atoms in total. The molecule has 0 spiro atoms. The molecule has 0 aliphatic heterocycles. The molecule has 0 saturated carbocycles. The van der Waals surface area contributed by atoms with Crippen molar-refractivity contribution in [1.29, 1.82) is 0 Å². The van der Waals surface area contributed by atoms with E-state index in [4.69, 9.17) is 9.47 Å². The van der Waals surface area contributed by atoms with E-state index in [2.05, 4.69) is 48.3 Å². The Hall–Kier alpha value is -2.69. The van der Waals surface area contributed by atoms with E-state index in [0.29, 0.717) is 18.0 Å². The zero-order chi connectivity index (χ0) is 20.7. The topological polar surface area (TPSA) is 50.8 Å². The van der Waals surface area contributed by atoms with Gasteiger partial charge in [0.05, 0.1) is 20.1 Å². The third kappa shape index (κ3) is 5.41. The molecule has 0 radical (unpaired) electrons. The standard InChI is InChI=1S/C23H32N2O3/c1-16(2)22(18-9-12-20(27-5)21(15-18)28-6)23(26)24-14-13-17-7-10-19(11-8-17)25(3)4/h7-12,15-16,22H,13-14H2,1-6H3,(H,24,26). The van der Waals surface area contributed by atoms with Gasteiger partial charge in [-0.3, -0.25) is 4.79 Å². The van der Waals surface area contributed by atoms with Crippen LogP contribution in [0, 0.1) is 5.92 Å². The van der Waals surface area contributed by atoms with E-state index in [1.165, 1.54) is 11.3 Å². The highest BCUT2D eigenvalue weighted by Gasteiger charge is 2.25. The summed E-state index contributed by atoms with van der Waals surface area (Å²) < 4.78 is 10.7. The van der Waals surface area contributed by atoms with Crippen LogP contribution in [0.5, 0.6) is 11.5 Å². The molecular weight excluding hydrogens is 352 g/mol. The van der Waals surface area contributed by atoms with Gasteiger partial charge >= 0.3 is 0 Å². The maximum atomic E-state index is 12.9. The van der Waals surface area contributed by atoms with Gasteiger partial charge in [0.15, 0.2) is 11.5 Å². The number of benzene rings is 2. The second-order valence-electron chi connectivity index (χ2n) is 7.44. The van der Waals surface area contributed by atoms with Crippen molar-refractivity contribution in [1.82, 2.24) is 5.32 Å². The molecule has 2 rings (SSSR count). The van der Waals surface area contributed by atoms with E-state index in [0.717, 1.165) is 12.0 Å². The van der Waals surface area contributed by atoms with Gasteiger partial charge in [0.2, 0.25) is 5.91 Å². The number of hydrogen-bond acceptors (Lipinski definition) is 4. The number of hydrogen-bond donors (Lipinski definition) is 1. The fourth-order valence-electron chi connectivity index (χ4n) is 3.29. The molecule has 0 saturated heterocycles. The van der Waals surface area contributed by atoms with Gasteiger partial charge in [0.1, 0.15) is 0 Å². The van der Waals surface area contributed by atoms with Gasteiger partial charge in [-0.25, -0.2) is 0 Å². The lowest BCUT2D eigenvalue weighted by atomic mass is 9.87. The lowest BCUT2D eigenvalue weighted by Crippen LogP contribution is -2.33. The third-order valence-electron chi connectivity index (χ3n) is 4.88. The number of carbonyl (C=O) groups is 1. The molecular formula is C23H32N2O3. The Labute approximate surface area is 168 Å². The zero-order valence-corrected chi connectivity index (χ0v) is 17.8. The van der Waals surface area contributed by atoms with Crippen LogP contribution in [0.1, 0.15) is 30.9 Å². The Morgan fingerprint density at radius 2 is 1.64 bits per heavy atom. The molecule has 0 aromatic heterocycles. The largest absolute Gasteiger partial charge is 0.493 e. The number of nitrogens with one attached hydrogen (secondary N) is 1.